The molecular weight excluding hydrogens is 132 g/mol. The van der Waals surface area contributed by atoms with Crippen LogP contribution in [0.2, 0.25) is 0 Å². The van der Waals surface area contributed by atoms with Crippen molar-refractivity contribution in [3.05, 3.63) is 0 Å². The molecule has 0 bridgehead atoms. The zero-order valence-corrected chi connectivity index (χ0v) is 5.95. The van der Waals surface area contributed by atoms with Gasteiger partial charge in [0.2, 0.25) is 0 Å². The summed E-state index contributed by atoms with van der Waals surface area (Å²) in [6.45, 7) is 1.65. The van der Waals surface area contributed by atoms with E-state index < -0.39 is 12.1 Å². The van der Waals surface area contributed by atoms with Crippen LogP contribution in [-0.4, -0.2) is 22.3 Å². The molecule has 3 heteroatoms. The second kappa shape index (κ2) is 2.58. The predicted molar refractivity (Wildman–Crippen MR) is 35.5 cm³/mol. The van der Waals surface area contributed by atoms with Crippen LogP contribution < -0.4 is 0 Å². The molecule has 0 aliphatic heterocycles. The summed E-state index contributed by atoms with van der Waals surface area (Å²) in [4.78, 5) is 10.4. The lowest BCUT2D eigenvalue weighted by Gasteiger charge is -2.35. The van der Waals surface area contributed by atoms with Gasteiger partial charge in [-0.15, -0.1) is 0 Å². The Morgan fingerprint density at radius 1 is 1.60 bits per heavy atom. The highest BCUT2D eigenvalue weighted by molar-refractivity contribution is 5.71. The second-order valence-electron chi connectivity index (χ2n) is 2.93. The van der Waals surface area contributed by atoms with Gasteiger partial charge in [-0.05, 0) is 25.7 Å². The molecule has 58 valence electrons. The van der Waals surface area contributed by atoms with Crippen LogP contribution in [0.5, 0.6) is 0 Å². The van der Waals surface area contributed by atoms with Gasteiger partial charge in [-0.3, -0.25) is 4.79 Å². The number of carboxylic acid groups (broad SMARTS) is 1. The first kappa shape index (κ1) is 7.54. The third-order valence-electron chi connectivity index (χ3n) is 2.26. The van der Waals surface area contributed by atoms with Crippen molar-refractivity contribution in [3.8, 4) is 0 Å². The van der Waals surface area contributed by atoms with E-state index in [4.69, 9.17) is 10.2 Å². The number of hydrogen-bond acceptors (Lipinski definition) is 2. The molecule has 1 fully saturated rings. The molecular formula is C7H12O3. The van der Waals surface area contributed by atoms with E-state index in [1.54, 1.807) is 6.92 Å². The van der Waals surface area contributed by atoms with Crippen molar-refractivity contribution in [2.45, 2.75) is 25.9 Å². The Morgan fingerprint density at radius 3 is 2.30 bits per heavy atom. The molecule has 1 aliphatic rings. The molecule has 1 saturated carbocycles. The van der Waals surface area contributed by atoms with Crippen LogP contribution in [0.3, 0.4) is 0 Å². The Labute approximate surface area is 59.7 Å². The molecule has 1 aliphatic carbocycles. The van der Waals surface area contributed by atoms with E-state index in [1.165, 1.54) is 0 Å². The fourth-order valence-electron chi connectivity index (χ4n) is 1.41. The Morgan fingerprint density at radius 2 is 2.20 bits per heavy atom. The van der Waals surface area contributed by atoms with Gasteiger partial charge in [-0.25, -0.2) is 0 Å². The summed E-state index contributed by atoms with van der Waals surface area (Å²) in [7, 11) is 0. The van der Waals surface area contributed by atoms with Crippen LogP contribution in [0.4, 0.5) is 0 Å². The molecule has 0 radical (unpaired) electrons. The highest BCUT2D eigenvalue weighted by Crippen LogP contribution is 2.36. The van der Waals surface area contributed by atoms with E-state index >= 15 is 0 Å². The number of aliphatic hydroxyl groups is 1. The van der Waals surface area contributed by atoms with E-state index in [1.807, 2.05) is 0 Å². The quantitative estimate of drug-likeness (QED) is 0.592. The third-order valence-corrected chi connectivity index (χ3v) is 2.26. The lowest BCUT2D eigenvalue weighted by Crippen LogP contribution is -2.39. The Kier molecular flexibility index (Phi) is 1.94. The van der Waals surface area contributed by atoms with E-state index in [0.717, 1.165) is 12.8 Å². The standard InChI is InChI=1S/C7H12O3/c1-4(8)5-2-3-6(5)7(9)10/h4-6,8H,2-3H2,1H3,(H,9,10)/t4?,5-,6+/m0/s1. The average Bonchev–Trinajstić information content (AvgIpc) is 1.56. The summed E-state index contributed by atoms with van der Waals surface area (Å²) < 4.78 is 0. The number of hydrogen-bond donors (Lipinski definition) is 2. The minimum Gasteiger partial charge on any atom is -0.481 e. The topological polar surface area (TPSA) is 57.5 Å². The van der Waals surface area contributed by atoms with Gasteiger partial charge >= 0.3 is 5.97 Å². The van der Waals surface area contributed by atoms with Gasteiger partial charge in [0.15, 0.2) is 0 Å². The van der Waals surface area contributed by atoms with Crippen LogP contribution in [0.15, 0.2) is 0 Å². The summed E-state index contributed by atoms with van der Waals surface area (Å²) in [5.74, 6) is -1.06. The molecule has 0 saturated heterocycles. The van der Waals surface area contributed by atoms with Gasteiger partial charge in [0, 0.05) is 0 Å². The fourth-order valence-corrected chi connectivity index (χ4v) is 1.41. The summed E-state index contributed by atoms with van der Waals surface area (Å²) in [5.41, 5.74) is 0. The summed E-state index contributed by atoms with van der Waals surface area (Å²) in [6.07, 6.45) is 1.12. The van der Waals surface area contributed by atoms with Gasteiger partial charge in [-0.1, -0.05) is 0 Å². The molecule has 1 rings (SSSR count). The number of aliphatic carboxylic acids is 1. The Balaban J connectivity index is 2.43. The maximum absolute atomic E-state index is 10.4. The molecule has 1 unspecified atom stereocenters. The molecule has 0 spiro atoms. The van der Waals surface area contributed by atoms with Gasteiger partial charge in [-0.2, -0.15) is 0 Å². The van der Waals surface area contributed by atoms with E-state index in [9.17, 15) is 4.79 Å². The normalized spacial score (nSPS) is 34.6. The van der Waals surface area contributed by atoms with Crippen molar-refractivity contribution in [2.24, 2.45) is 11.8 Å². The van der Waals surface area contributed by atoms with Crippen LogP contribution in [-0.2, 0) is 4.79 Å². The molecule has 10 heavy (non-hydrogen) atoms. The smallest absolute Gasteiger partial charge is 0.306 e. The lowest BCUT2D eigenvalue weighted by molar-refractivity contribution is -0.150. The van der Waals surface area contributed by atoms with Crippen molar-refractivity contribution in [2.75, 3.05) is 0 Å². The van der Waals surface area contributed by atoms with Gasteiger partial charge < -0.3 is 10.2 Å². The molecule has 3 atom stereocenters. The number of carboxylic acids is 1. The highest BCUT2D eigenvalue weighted by atomic mass is 16.4. The number of carbonyl (C=O) groups is 1. The van der Waals surface area contributed by atoms with Crippen LogP contribution >= 0.6 is 0 Å². The molecule has 0 heterocycles. The van der Waals surface area contributed by atoms with Crippen molar-refractivity contribution >= 4 is 5.97 Å². The molecule has 0 aromatic rings. The van der Waals surface area contributed by atoms with Gasteiger partial charge in [0.25, 0.3) is 0 Å². The maximum Gasteiger partial charge on any atom is 0.306 e. The summed E-state index contributed by atoms with van der Waals surface area (Å²) >= 11 is 0. The van der Waals surface area contributed by atoms with Crippen LogP contribution in [0, 0.1) is 11.8 Å². The van der Waals surface area contributed by atoms with Gasteiger partial charge in [0.1, 0.15) is 0 Å². The molecule has 3 nitrogen and oxygen atoms in total. The first-order valence-corrected chi connectivity index (χ1v) is 3.54. The van der Waals surface area contributed by atoms with Crippen LogP contribution in [0.1, 0.15) is 19.8 Å². The van der Waals surface area contributed by atoms with Crippen molar-refractivity contribution < 1.29 is 15.0 Å². The minimum absolute atomic E-state index is 0.00231. The van der Waals surface area contributed by atoms with E-state index in [2.05, 4.69) is 0 Å². The highest BCUT2D eigenvalue weighted by Gasteiger charge is 2.39. The Hall–Kier alpha value is -0.570. The van der Waals surface area contributed by atoms with Crippen molar-refractivity contribution in [3.63, 3.8) is 0 Å². The maximum atomic E-state index is 10.4. The average molecular weight is 144 g/mol. The minimum atomic E-state index is -0.767. The largest absolute Gasteiger partial charge is 0.481 e. The van der Waals surface area contributed by atoms with Crippen molar-refractivity contribution in [1.82, 2.24) is 0 Å². The third kappa shape index (κ3) is 1.14. The summed E-state index contributed by atoms with van der Waals surface area (Å²) in [5, 5.41) is 17.6. The monoisotopic (exact) mass is 144 g/mol. The Bertz CT molecular complexity index is 142. The van der Waals surface area contributed by atoms with E-state index in [0.29, 0.717) is 0 Å². The summed E-state index contributed by atoms with van der Waals surface area (Å²) in [6, 6.07) is 0. The SMILES string of the molecule is CC(O)[C@@H]1CC[C@H]1C(=O)O. The zero-order chi connectivity index (χ0) is 7.72. The molecule has 0 aromatic heterocycles. The number of rotatable bonds is 2. The predicted octanol–water partition coefficient (Wildman–Crippen LogP) is 0.478. The second-order valence-corrected chi connectivity index (χ2v) is 2.93. The fraction of sp³-hybridized carbons (Fsp3) is 0.857. The molecule has 2 N–H and O–H groups in total. The van der Waals surface area contributed by atoms with E-state index in [-0.39, 0.29) is 11.8 Å². The van der Waals surface area contributed by atoms with Crippen LogP contribution in [0.25, 0.3) is 0 Å². The molecule has 0 amide bonds. The number of aliphatic hydroxyl groups excluding tert-OH is 1. The van der Waals surface area contributed by atoms with Gasteiger partial charge in [0.05, 0.1) is 12.0 Å². The lowest BCUT2D eigenvalue weighted by atomic mass is 9.71. The first-order chi connectivity index (χ1) is 4.63. The zero-order valence-electron chi connectivity index (χ0n) is 5.95. The van der Waals surface area contributed by atoms with Crippen molar-refractivity contribution in [1.29, 1.82) is 0 Å². The first-order valence-electron chi connectivity index (χ1n) is 3.54. The molecule has 0 aromatic carbocycles.